The van der Waals surface area contributed by atoms with Crippen molar-refractivity contribution in [3.8, 4) is 0 Å². The van der Waals surface area contributed by atoms with Gasteiger partial charge in [-0.05, 0) is 28.6 Å². The topological polar surface area (TPSA) is 204 Å². The molecule has 1 aliphatic rings. The van der Waals surface area contributed by atoms with Gasteiger partial charge in [-0.2, -0.15) is 4.98 Å². The van der Waals surface area contributed by atoms with Gasteiger partial charge in [-0.15, -0.1) is 4.52 Å². The minimum Gasteiger partial charge on any atom is -0.460 e. The number of carbonyl (C=O) groups is 1. The molecule has 1 aromatic heterocycles. The van der Waals surface area contributed by atoms with Gasteiger partial charge in [0.25, 0.3) is 0 Å². The minimum atomic E-state index is -2.80. The van der Waals surface area contributed by atoms with Crippen LogP contribution in [0.15, 0.2) is 52.5 Å². The van der Waals surface area contributed by atoms with Crippen molar-refractivity contribution in [2.75, 3.05) is 12.3 Å². The molecule has 0 amide bonds. The number of benzene rings is 1. The third-order valence-corrected chi connectivity index (χ3v) is 5.91. The highest BCUT2D eigenvalue weighted by molar-refractivity contribution is 7.36. The Hall–Kier alpha value is -3.45. The molecule has 0 bridgehead atoms. The number of alkyl halides is 1. The first-order valence-electron chi connectivity index (χ1n) is 10.1. The summed E-state index contributed by atoms with van der Waals surface area (Å²) < 4.78 is 43.6. The quantitative estimate of drug-likeness (QED) is 0.138. The van der Waals surface area contributed by atoms with E-state index in [0.29, 0.717) is 0 Å². The highest BCUT2D eigenvalue weighted by Crippen LogP contribution is 2.41. The van der Waals surface area contributed by atoms with E-state index < -0.39 is 56.7 Å². The van der Waals surface area contributed by atoms with Crippen LogP contribution >= 0.6 is 8.18 Å². The summed E-state index contributed by atoms with van der Waals surface area (Å²) >= 11 is 0. The van der Waals surface area contributed by atoms with E-state index in [1.807, 2.05) is 6.07 Å². The molecule has 4 N–H and O–H groups in total. The smallest absolute Gasteiger partial charge is 0.460 e. The first-order chi connectivity index (χ1) is 16.7. The van der Waals surface area contributed by atoms with Crippen molar-refractivity contribution >= 4 is 20.0 Å². The number of nitrogens with one attached hydrogen (secondary N) is 1. The van der Waals surface area contributed by atoms with Crippen LogP contribution in [-0.2, 0) is 30.0 Å². The molecule has 0 radical (unpaired) electrons. The molecule has 3 rings (SSSR count). The number of nitrogen functional groups attached to an aromatic ring is 1. The van der Waals surface area contributed by atoms with Crippen molar-refractivity contribution in [2.45, 2.75) is 43.8 Å². The normalized spacial score (nSPS) is 24.9. The van der Waals surface area contributed by atoms with Crippen LogP contribution in [0.3, 0.4) is 0 Å². The summed E-state index contributed by atoms with van der Waals surface area (Å²) in [4.78, 5) is 30.2. The summed E-state index contributed by atoms with van der Waals surface area (Å²) in [6.45, 7) is 0.452. The van der Waals surface area contributed by atoms with Crippen LogP contribution in [0.5, 0.6) is 0 Å². The number of esters is 1. The third kappa shape index (κ3) is 6.17. The van der Waals surface area contributed by atoms with Crippen LogP contribution in [-0.4, -0.2) is 51.3 Å². The number of ether oxygens (including phenoxy) is 2. The lowest BCUT2D eigenvalue weighted by atomic mass is 10.1. The monoisotopic (exact) mass is 510 g/mol. The molecule has 14 nitrogen and oxygen atoms in total. The van der Waals surface area contributed by atoms with Gasteiger partial charge in [0, 0.05) is 11.1 Å². The van der Waals surface area contributed by atoms with E-state index in [0.717, 1.165) is 16.3 Å². The number of carbonyl (C=O) groups excluding carboxylic acids is 1. The highest BCUT2D eigenvalue weighted by Gasteiger charge is 2.58. The molecule has 1 saturated heterocycles. The Morgan fingerprint density at radius 2 is 2.20 bits per heavy atom. The van der Waals surface area contributed by atoms with Crippen molar-refractivity contribution in [1.29, 1.82) is 0 Å². The molecular weight excluding hydrogens is 488 g/mol. The second-order valence-corrected chi connectivity index (χ2v) is 8.48. The van der Waals surface area contributed by atoms with Crippen molar-refractivity contribution in [2.24, 2.45) is 5.11 Å². The highest BCUT2D eigenvalue weighted by atomic mass is 31.1. The number of aliphatic hydroxyl groups is 1. The molecule has 6 atom stereocenters. The van der Waals surface area contributed by atoms with Gasteiger partial charge in [-0.3, -0.25) is 9.36 Å². The molecule has 1 unspecified atom stereocenters. The second-order valence-electron chi connectivity index (χ2n) is 7.45. The number of aliphatic hydroxyl groups excluding tert-OH is 1. The second kappa shape index (κ2) is 11.3. The zero-order chi connectivity index (χ0) is 25.6. The maximum Gasteiger partial charge on any atom is 0.613 e. The van der Waals surface area contributed by atoms with Crippen LogP contribution in [0.1, 0.15) is 18.7 Å². The fraction of sp³-hybridized carbons (Fsp3) is 0.421. The van der Waals surface area contributed by atoms with E-state index in [-0.39, 0.29) is 12.4 Å². The maximum atomic E-state index is 15.0. The molecule has 186 valence electrons. The standard InChI is InChI=1S/C19H21FN7O7P/c1-11(17(29)32-9-12-5-3-2-4-6-12)24-35(31)33-10-19(25-26-22)15(20)14(28)16(34-19)27-8-7-13(21)23-18(27)30/h2-8,11,14-16,28H,9-10H2,1H3,(H2-,21,23,24,30,31)/p+1/t11-,14+,15-,16+,19+/m0/s1. The van der Waals surface area contributed by atoms with Gasteiger partial charge in [0.2, 0.25) is 5.72 Å². The number of halogens is 1. The van der Waals surface area contributed by atoms with Crippen LogP contribution in [0.25, 0.3) is 10.4 Å². The van der Waals surface area contributed by atoms with Crippen molar-refractivity contribution in [3.63, 3.8) is 0 Å². The number of azide groups is 1. The summed E-state index contributed by atoms with van der Waals surface area (Å²) in [6.07, 6.45) is -4.87. The van der Waals surface area contributed by atoms with E-state index in [1.54, 1.807) is 24.3 Å². The predicted octanol–water partition coefficient (Wildman–Crippen LogP) is 1.46. The Bertz CT molecular complexity index is 1180. The fourth-order valence-electron chi connectivity index (χ4n) is 3.15. The number of anilines is 1. The zero-order valence-electron chi connectivity index (χ0n) is 18.3. The molecule has 1 aromatic carbocycles. The largest absolute Gasteiger partial charge is 0.613 e. The predicted molar refractivity (Wildman–Crippen MR) is 118 cm³/mol. The van der Waals surface area contributed by atoms with Gasteiger partial charge in [-0.1, -0.05) is 40.5 Å². The molecule has 2 heterocycles. The zero-order valence-corrected chi connectivity index (χ0v) is 19.2. The number of hydrogen-bond donors (Lipinski definition) is 3. The summed E-state index contributed by atoms with van der Waals surface area (Å²) in [5.41, 5.74) is 11.7. The average molecular weight is 510 g/mol. The van der Waals surface area contributed by atoms with E-state index >= 15 is 4.39 Å². The summed E-state index contributed by atoms with van der Waals surface area (Å²) in [6, 6.07) is 9.03. The molecule has 1 aliphatic heterocycles. The molecule has 0 aliphatic carbocycles. The van der Waals surface area contributed by atoms with Crippen molar-refractivity contribution < 1.29 is 32.9 Å². The Labute approximate surface area is 198 Å². The molecule has 2 aromatic rings. The van der Waals surface area contributed by atoms with E-state index in [9.17, 15) is 19.3 Å². The SMILES string of the molecule is C[C@H](N[P+](=O)OC[C@@]1(N=[N+]=[N-])O[C@@H](n2ccc(N)nc2=O)[C@H](O)[C@@H]1F)C(=O)OCc1ccccc1. The lowest BCUT2D eigenvalue weighted by molar-refractivity contribution is -0.146. The molecule has 0 spiro atoms. The Balaban J connectivity index is 1.62. The fourth-order valence-corrected chi connectivity index (χ4v) is 3.94. The van der Waals surface area contributed by atoms with Crippen LogP contribution in [0.4, 0.5) is 10.2 Å². The molecule has 16 heteroatoms. The van der Waals surface area contributed by atoms with Gasteiger partial charge >= 0.3 is 19.8 Å². The van der Waals surface area contributed by atoms with Gasteiger partial charge in [-0.25, -0.2) is 9.18 Å². The lowest BCUT2D eigenvalue weighted by Gasteiger charge is -2.22. The summed E-state index contributed by atoms with van der Waals surface area (Å²) in [5, 5.41) is 15.9. The molecule has 1 fully saturated rings. The lowest BCUT2D eigenvalue weighted by Crippen LogP contribution is -2.42. The van der Waals surface area contributed by atoms with E-state index in [4.69, 9.17) is 25.3 Å². The van der Waals surface area contributed by atoms with Crippen LogP contribution < -0.4 is 16.5 Å². The summed E-state index contributed by atoms with van der Waals surface area (Å²) in [7, 11) is -2.80. The Morgan fingerprint density at radius 1 is 1.49 bits per heavy atom. The number of aromatic nitrogens is 2. The first kappa shape index (κ1) is 26.2. The minimum absolute atomic E-state index is 0.000656. The van der Waals surface area contributed by atoms with Gasteiger partial charge in [0.15, 0.2) is 12.4 Å². The van der Waals surface area contributed by atoms with Crippen LogP contribution in [0.2, 0.25) is 0 Å². The van der Waals surface area contributed by atoms with E-state index in [2.05, 4.69) is 20.1 Å². The van der Waals surface area contributed by atoms with Gasteiger partial charge in [0.05, 0.1) is 0 Å². The Morgan fingerprint density at radius 3 is 2.86 bits per heavy atom. The number of nitrogens with two attached hydrogens (primary N) is 1. The van der Waals surface area contributed by atoms with Gasteiger partial charge < -0.3 is 20.3 Å². The van der Waals surface area contributed by atoms with Gasteiger partial charge in [0.1, 0.15) is 31.2 Å². The third-order valence-electron chi connectivity index (χ3n) is 4.95. The first-order valence-corrected chi connectivity index (χ1v) is 11.3. The number of rotatable bonds is 10. The number of hydrogen-bond acceptors (Lipinski definition) is 10. The van der Waals surface area contributed by atoms with Crippen molar-refractivity contribution in [1.82, 2.24) is 14.6 Å². The Kier molecular flexibility index (Phi) is 8.46. The molecular formula is C19H22FN7O7P+. The van der Waals surface area contributed by atoms with Crippen LogP contribution in [0, 0.1) is 0 Å². The maximum absolute atomic E-state index is 15.0. The average Bonchev–Trinajstić information content (AvgIpc) is 3.07. The summed E-state index contributed by atoms with van der Waals surface area (Å²) in [5.74, 6) is -0.837. The molecule has 35 heavy (non-hydrogen) atoms. The molecule has 0 saturated carbocycles. The van der Waals surface area contributed by atoms with Crippen molar-refractivity contribution in [3.05, 3.63) is 69.1 Å². The number of nitrogens with zero attached hydrogens (tertiary/aromatic N) is 5. The van der Waals surface area contributed by atoms with E-state index in [1.165, 1.54) is 13.0 Å².